The molecule has 0 aliphatic carbocycles. The van der Waals surface area contributed by atoms with E-state index >= 15 is 0 Å². The molecule has 1 aromatic rings. The third-order valence-electron chi connectivity index (χ3n) is 2.15. The smallest absolute Gasteiger partial charge is 0.185 e. The molecule has 0 bridgehead atoms. The number of hydrogen-bond acceptors (Lipinski definition) is 3. The molecule has 2 atom stereocenters. The first-order valence-electron chi connectivity index (χ1n) is 4.70. The zero-order chi connectivity index (χ0) is 11.4. The SMILES string of the molecule is CCC(C)S(=O)CC(=O)c1ccc(Br)s1. The van der Waals surface area contributed by atoms with E-state index in [1.54, 1.807) is 6.07 Å². The Morgan fingerprint density at radius 1 is 1.60 bits per heavy atom. The Labute approximate surface area is 105 Å². The highest BCUT2D eigenvalue weighted by molar-refractivity contribution is 9.11. The van der Waals surface area contributed by atoms with E-state index in [-0.39, 0.29) is 16.8 Å². The average molecular weight is 309 g/mol. The van der Waals surface area contributed by atoms with Gasteiger partial charge in [-0.2, -0.15) is 0 Å². The second-order valence-corrected chi connectivity index (χ2v) is 7.59. The molecule has 0 fully saturated rings. The Morgan fingerprint density at radius 3 is 2.73 bits per heavy atom. The number of carbonyl (C=O) groups is 1. The van der Waals surface area contributed by atoms with Crippen molar-refractivity contribution >= 4 is 43.8 Å². The summed E-state index contributed by atoms with van der Waals surface area (Å²) < 4.78 is 12.6. The van der Waals surface area contributed by atoms with Crippen molar-refractivity contribution < 1.29 is 9.00 Å². The van der Waals surface area contributed by atoms with Crippen molar-refractivity contribution in [3.63, 3.8) is 0 Å². The van der Waals surface area contributed by atoms with Crippen LogP contribution in [0.5, 0.6) is 0 Å². The van der Waals surface area contributed by atoms with Crippen molar-refractivity contribution in [2.45, 2.75) is 25.5 Å². The molecule has 0 spiro atoms. The van der Waals surface area contributed by atoms with Gasteiger partial charge in [0.2, 0.25) is 0 Å². The minimum absolute atomic E-state index is 0.0238. The maximum atomic E-state index is 11.7. The largest absolute Gasteiger partial charge is 0.292 e. The van der Waals surface area contributed by atoms with Gasteiger partial charge >= 0.3 is 0 Å². The lowest BCUT2D eigenvalue weighted by molar-refractivity contribution is 0.102. The first-order valence-corrected chi connectivity index (χ1v) is 7.69. The van der Waals surface area contributed by atoms with E-state index in [0.29, 0.717) is 4.88 Å². The van der Waals surface area contributed by atoms with Crippen LogP contribution < -0.4 is 0 Å². The Morgan fingerprint density at radius 2 is 2.27 bits per heavy atom. The van der Waals surface area contributed by atoms with Crippen molar-refractivity contribution in [2.75, 3.05) is 5.75 Å². The number of hydrogen-bond donors (Lipinski definition) is 0. The van der Waals surface area contributed by atoms with Crippen molar-refractivity contribution in [2.24, 2.45) is 0 Å². The molecule has 2 nitrogen and oxygen atoms in total. The average Bonchev–Trinajstić information content (AvgIpc) is 2.63. The molecule has 0 N–H and O–H groups in total. The summed E-state index contributed by atoms with van der Waals surface area (Å²) in [7, 11) is -1.04. The predicted molar refractivity (Wildman–Crippen MR) is 69.1 cm³/mol. The summed E-state index contributed by atoms with van der Waals surface area (Å²) in [5.41, 5.74) is 0. The molecule has 15 heavy (non-hydrogen) atoms. The standard InChI is InChI=1S/C10H13BrO2S2/c1-3-7(2)15(13)6-8(12)9-4-5-10(11)14-9/h4-5,7H,3,6H2,1-2H3. The molecule has 0 aliphatic rings. The monoisotopic (exact) mass is 308 g/mol. The van der Waals surface area contributed by atoms with E-state index < -0.39 is 10.8 Å². The van der Waals surface area contributed by atoms with Gasteiger partial charge in [0.05, 0.1) is 14.4 Å². The molecular formula is C10H13BrO2S2. The van der Waals surface area contributed by atoms with Gasteiger partial charge in [-0.25, -0.2) is 0 Å². The molecule has 0 aliphatic heterocycles. The molecule has 0 saturated heterocycles. The van der Waals surface area contributed by atoms with Gasteiger partial charge in [0, 0.05) is 16.0 Å². The van der Waals surface area contributed by atoms with Crippen LogP contribution in [0.15, 0.2) is 15.9 Å². The summed E-state index contributed by atoms with van der Waals surface area (Å²) in [6, 6.07) is 3.61. The van der Waals surface area contributed by atoms with Gasteiger partial charge in [0.1, 0.15) is 0 Å². The van der Waals surface area contributed by atoms with E-state index in [0.717, 1.165) is 10.2 Å². The van der Waals surface area contributed by atoms with E-state index in [1.807, 2.05) is 19.9 Å². The van der Waals surface area contributed by atoms with Crippen LogP contribution in [0.3, 0.4) is 0 Å². The summed E-state index contributed by atoms with van der Waals surface area (Å²) in [6.07, 6.45) is 0.841. The first kappa shape index (κ1) is 13.1. The van der Waals surface area contributed by atoms with E-state index in [4.69, 9.17) is 0 Å². The molecule has 1 heterocycles. The van der Waals surface area contributed by atoms with Crippen molar-refractivity contribution in [1.82, 2.24) is 0 Å². The van der Waals surface area contributed by atoms with Gasteiger partial charge < -0.3 is 0 Å². The van der Waals surface area contributed by atoms with Crippen LogP contribution in [0.2, 0.25) is 0 Å². The van der Waals surface area contributed by atoms with Gasteiger partial charge in [-0.05, 0) is 34.5 Å². The second-order valence-electron chi connectivity index (χ2n) is 3.27. The zero-order valence-corrected chi connectivity index (χ0v) is 11.9. The molecule has 84 valence electrons. The summed E-state index contributed by atoms with van der Waals surface area (Å²) >= 11 is 4.69. The third kappa shape index (κ3) is 3.81. The lowest BCUT2D eigenvalue weighted by atomic mass is 10.3. The fourth-order valence-electron chi connectivity index (χ4n) is 0.993. The molecule has 0 aromatic carbocycles. The summed E-state index contributed by atoms with van der Waals surface area (Å²) in [6.45, 7) is 3.89. The Kier molecular flexibility index (Phi) is 5.15. The second kappa shape index (κ2) is 5.92. The third-order valence-corrected chi connectivity index (χ3v) is 5.59. The number of rotatable bonds is 5. The number of Topliss-reactive ketones (excluding diaryl/α,β-unsaturated/α-hetero) is 1. The van der Waals surface area contributed by atoms with Crippen molar-refractivity contribution in [3.05, 3.63) is 20.8 Å². The number of ketones is 1. The molecular weight excluding hydrogens is 296 g/mol. The van der Waals surface area contributed by atoms with Crippen LogP contribution in [-0.2, 0) is 10.8 Å². The maximum Gasteiger partial charge on any atom is 0.185 e. The van der Waals surface area contributed by atoms with Gasteiger partial charge in [0.15, 0.2) is 5.78 Å². The summed E-state index contributed by atoms with van der Waals surface area (Å²) in [4.78, 5) is 12.4. The normalized spacial score (nSPS) is 14.9. The fourth-order valence-corrected chi connectivity index (χ4v) is 3.48. The maximum absolute atomic E-state index is 11.7. The Hall–Kier alpha value is -0.0000000000000000833. The molecule has 0 amide bonds. The van der Waals surface area contributed by atoms with Crippen molar-refractivity contribution in [1.29, 1.82) is 0 Å². The molecule has 1 rings (SSSR count). The minimum atomic E-state index is -1.04. The summed E-state index contributed by atoms with van der Waals surface area (Å²) in [5.74, 6) is 0.117. The molecule has 2 unspecified atom stereocenters. The molecule has 5 heteroatoms. The first-order chi connectivity index (χ1) is 7.04. The number of carbonyl (C=O) groups excluding carboxylic acids is 1. The molecule has 0 saturated carbocycles. The topological polar surface area (TPSA) is 34.1 Å². The quantitative estimate of drug-likeness (QED) is 0.783. The van der Waals surface area contributed by atoms with E-state index in [1.165, 1.54) is 11.3 Å². The zero-order valence-electron chi connectivity index (χ0n) is 8.66. The highest BCUT2D eigenvalue weighted by Gasteiger charge is 2.16. The molecule has 0 radical (unpaired) electrons. The van der Waals surface area contributed by atoms with Gasteiger partial charge in [-0.15, -0.1) is 11.3 Å². The van der Waals surface area contributed by atoms with E-state index in [9.17, 15) is 9.00 Å². The van der Waals surface area contributed by atoms with Crippen LogP contribution in [0.4, 0.5) is 0 Å². The van der Waals surface area contributed by atoms with Gasteiger partial charge in [-0.3, -0.25) is 9.00 Å². The van der Waals surface area contributed by atoms with Gasteiger partial charge in [-0.1, -0.05) is 13.8 Å². The van der Waals surface area contributed by atoms with Gasteiger partial charge in [0.25, 0.3) is 0 Å². The lowest BCUT2D eigenvalue weighted by Gasteiger charge is -2.06. The van der Waals surface area contributed by atoms with Crippen LogP contribution >= 0.6 is 27.3 Å². The number of halogens is 1. The van der Waals surface area contributed by atoms with Crippen LogP contribution in [0, 0.1) is 0 Å². The van der Waals surface area contributed by atoms with Crippen molar-refractivity contribution in [3.8, 4) is 0 Å². The Bertz CT molecular complexity index is 373. The molecule has 1 aromatic heterocycles. The highest BCUT2D eigenvalue weighted by atomic mass is 79.9. The number of thiophene rings is 1. The van der Waals surface area contributed by atoms with Crippen LogP contribution in [0.25, 0.3) is 0 Å². The van der Waals surface area contributed by atoms with E-state index in [2.05, 4.69) is 15.9 Å². The fraction of sp³-hybridized carbons (Fsp3) is 0.500. The lowest BCUT2D eigenvalue weighted by Crippen LogP contribution is -2.18. The highest BCUT2D eigenvalue weighted by Crippen LogP contribution is 2.22. The Balaban J connectivity index is 2.60. The van der Waals surface area contributed by atoms with Crippen LogP contribution in [0.1, 0.15) is 29.9 Å². The minimum Gasteiger partial charge on any atom is -0.292 e. The van der Waals surface area contributed by atoms with Crippen LogP contribution in [-0.4, -0.2) is 21.0 Å². The summed E-state index contributed by atoms with van der Waals surface area (Å²) in [5, 5.41) is 0.0948. The predicted octanol–water partition coefficient (Wildman–Crippen LogP) is 3.24.